The number of carbonyl (C=O) groups is 1. The molecule has 23 heavy (non-hydrogen) atoms. The van der Waals surface area contributed by atoms with Crippen molar-refractivity contribution in [2.45, 2.75) is 32.1 Å². The van der Waals surface area contributed by atoms with E-state index in [9.17, 15) is 9.90 Å². The Morgan fingerprint density at radius 2 is 2.04 bits per heavy atom. The third kappa shape index (κ3) is 2.81. The van der Waals surface area contributed by atoms with Crippen LogP contribution in [0.3, 0.4) is 0 Å². The second kappa shape index (κ2) is 6.24. The van der Waals surface area contributed by atoms with E-state index in [0.717, 1.165) is 36.9 Å². The number of benzene rings is 1. The molecule has 0 fully saturated rings. The van der Waals surface area contributed by atoms with E-state index in [1.807, 2.05) is 6.07 Å². The topological polar surface area (TPSA) is 64.3 Å². The van der Waals surface area contributed by atoms with Gasteiger partial charge in [-0.3, -0.25) is 4.68 Å². The van der Waals surface area contributed by atoms with Gasteiger partial charge in [0.05, 0.1) is 17.8 Å². The summed E-state index contributed by atoms with van der Waals surface area (Å²) in [7, 11) is 3.33. The molecule has 1 N–H and O–H groups in total. The Hall–Kier alpha value is -2.01. The Balaban J connectivity index is 2.28. The van der Waals surface area contributed by atoms with Gasteiger partial charge in [-0.1, -0.05) is 18.0 Å². The molecule has 5 nitrogen and oxygen atoms in total. The lowest BCUT2D eigenvalue weighted by atomic mass is 9.94. The molecule has 0 saturated carbocycles. The summed E-state index contributed by atoms with van der Waals surface area (Å²) >= 11 is 6.42. The van der Waals surface area contributed by atoms with Crippen molar-refractivity contribution in [2.24, 2.45) is 7.05 Å². The normalized spacial score (nSPS) is 14.2. The van der Waals surface area contributed by atoms with Crippen LogP contribution in [0, 0.1) is 0 Å². The summed E-state index contributed by atoms with van der Waals surface area (Å²) in [6, 6.07) is 3.57. The number of halogens is 1. The van der Waals surface area contributed by atoms with E-state index in [2.05, 4.69) is 5.10 Å². The molecule has 6 heteroatoms. The Morgan fingerprint density at radius 3 is 2.70 bits per heavy atom. The number of hydrogen-bond donors (Lipinski definition) is 1. The molecular formula is C17H19ClN2O3. The number of carboxylic acids is 1. The van der Waals surface area contributed by atoms with Gasteiger partial charge < -0.3 is 9.84 Å². The van der Waals surface area contributed by atoms with Crippen LogP contribution in [0.1, 0.15) is 40.9 Å². The highest BCUT2D eigenvalue weighted by molar-refractivity contribution is 6.32. The van der Waals surface area contributed by atoms with Crippen LogP contribution in [0.15, 0.2) is 12.1 Å². The minimum absolute atomic E-state index is 0.0203. The molecule has 1 heterocycles. The number of aromatic nitrogens is 2. The van der Waals surface area contributed by atoms with Gasteiger partial charge in [0, 0.05) is 12.6 Å². The first-order valence-corrected chi connectivity index (χ1v) is 8.06. The highest BCUT2D eigenvalue weighted by Gasteiger charge is 2.24. The summed E-state index contributed by atoms with van der Waals surface area (Å²) in [5.74, 6) is -0.453. The van der Waals surface area contributed by atoms with E-state index in [4.69, 9.17) is 16.3 Å². The third-order valence-electron chi connectivity index (χ3n) is 4.37. The first-order valence-electron chi connectivity index (χ1n) is 7.69. The molecule has 0 spiro atoms. The monoisotopic (exact) mass is 334 g/mol. The van der Waals surface area contributed by atoms with Gasteiger partial charge in [-0.05, 0) is 48.9 Å². The molecule has 0 atom stereocenters. The molecule has 0 amide bonds. The first-order chi connectivity index (χ1) is 11.0. The molecule has 0 unspecified atom stereocenters. The molecule has 1 aromatic carbocycles. The molecule has 1 aromatic heterocycles. The summed E-state index contributed by atoms with van der Waals surface area (Å²) in [5.41, 5.74) is 4.04. The van der Waals surface area contributed by atoms with Crippen molar-refractivity contribution in [3.63, 3.8) is 0 Å². The van der Waals surface area contributed by atoms with Crippen molar-refractivity contribution in [1.82, 2.24) is 9.78 Å². The molecule has 2 aromatic rings. The van der Waals surface area contributed by atoms with E-state index in [1.165, 1.54) is 17.5 Å². The van der Waals surface area contributed by atoms with Crippen LogP contribution in [0.25, 0.3) is 11.3 Å². The van der Waals surface area contributed by atoms with Crippen LogP contribution in [-0.2, 0) is 19.9 Å². The average molecular weight is 335 g/mol. The molecule has 1 aliphatic rings. The van der Waals surface area contributed by atoms with Crippen LogP contribution < -0.4 is 4.74 Å². The number of carboxylic acid groups (broad SMARTS) is 1. The standard InChI is InChI=1S/C17H19ClN2O3/c1-20-14(9-13(19-20)17(21)22)15-11-7-5-3-4-6-10(11)8-12(18)16(15)23-2/h8-9H,3-7H2,1-2H3,(H,21,22). The minimum atomic E-state index is -1.04. The Bertz CT molecular complexity index is 768. The minimum Gasteiger partial charge on any atom is -0.494 e. The first kappa shape index (κ1) is 15.9. The van der Waals surface area contributed by atoms with Gasteiger partial charge in [0.1, 0.15) is 5.75 Å². The fraction of sp³-hybridized carbons (Fsp3) is 0.412. The maximum absolute atomic E-state index is 11.2. The van der Waals surface area contributed by atoms with Crippen LogP contribution >= 0.6 is 11.6 Å². The van der Waals surface area contributed by atoms with Gasteiger partial charge >= 0.3 is 5.97 Å². The Labute approximate surface area is 139 Å². The van der Waals surface area contributed by atoms with Crippen molar-refractivity contribution >= 4 is 17.6 Å². The van der Waals surface area contributed by atoms with Gasteiger partial charge in [-0.15, -0.1) is 0 Å². The maximum atomic E-state index is 11.2. The predicted octanol–water partition coefficient (Wildman–Crippen LogP) is 3.72. The second-order valence-corrected chi connectivity index (χ2v) is 6.22. The van der Waals surface area contributed by atoms with Crippen molar-refractivity contribution < 1.29 is 14.6 Å². The number of hydrogen-bond acceptors (Lipinski definition) is 3. The average Bonchev–Trinajstić information content (AvgIpc) is 2.74. The number of nitrogens with zero attached hydrogens (tertiary/aromatic N) is 2. The molecule has 0 bridgehead atoms. The lowest BCUT2D eigenvalue weighted by Gasteiger charge is -2.18. The van der Waals surface area contributed by atoms with Gasteiger partial charge in [0.15, 0.2) is 5.69 Å². The molecule has 0 radical (unpaired) electrons. The van der Waals surface area contributed by atoms with Gasteiger partial charge in [-0.2, -0.15) is 5.10 Å². The predicted molar refractivity (Wildman–Crippen MR) is 88.4 cm³/mol. The molecule has 0 aliphatic heterocycles. The molecule has 0 saturated heterocycles. The highest BCUT2D eigenvalue weighted by Crippen LogP contribution is 2.43. The van der Waals surface area contributed by atoms with Crippen molar-refractivity contribution in [3.8, 4) is 17.0 Å². The number of aryl methyl sites for hydroxylation is 2. The van der Waals surface area contributed by atoms with Gasteiger partial charge in [0.2, 0.25) is 0 Å². The van der Waals surface area contributed by atoms with Crippen LogP contribution in [0.2, 0.25) is 5.02 Å². The zero-order valence-corrected chi connectivity index (χ0v) is 14.0. The van der Waals surface area contributed by atoms with Crippen LogP contribution in [0.5, 0.6) is 5.75 Å². The van der Waals surface area contributed by atoms with Crippen molar-refractivity contribution in [2.75, 3.05) is 7.11 Å². The second-order valence-electron chi connectivity index (χ2n) is 5.81. The number of fused-ring (bicyclic) bond motifs is 1. The molecule has 1 aliphatic carbocycles. The van der Waals surface area contributed by atoms with E-state index in [1.54, 1.807) is 24.9 Å². The van der Waals surface area contributed by atoms with Crippen molar-refractivity contribution in [1.29, 1.82) is 0 Å². The highest BCUT2D eigenvalue weighted by atomic mass is 35.5. The molecular weight excluding hydrogens is 316 g/mol. The van der Waals surface area contributed by atoms with Gasteiger partial charge in [-0.25, -0.2) is 4.79 Å². The Morgan fingerprint density at radius 1 is 1.30 bits per heavy atom. The number of aromatic carboxylic acids is 1. The summed E-state index contributed by atoms with van der Waals surface area (Å²) in [5, 5.41) is 13.8. The maximum Gasteiger partial charge on any atom is 0.356 e. The summed E-state index contributed by atoms with van der Waals surface area (Å²) in [6.07, 6.45) is 5.34. The fourth-order valence-electron chi connectivity index (χ4n) is 3.30. The smallest absolute Gasteiger partial charge is 0.356 e. The summed E-state index contributed by atoms with van der Waals surface area (Å²) in [6.45, 7) is 0. The van der Waals surface area contributed by atoms with E-state index < -0.39 is 5.97 Å². The van der Waals surface area contributed by atoms with E-state index in [0.29, 0.717) is 10.8 Å². The number of ether oxygens (including phenoxy) is 1. The molecule has 122 valence electrons. The number of rotatable bonds is 3. The molecule has 3 rings (SSSR count). The summed E-state index contributed by atoms with van der Waals surface area (Å²) < 4.78 is 7.13. The summed E-state index contributed by atoms with van der Waals surface area (Å²) in [4.78, 5) is 11.2. The third-order valence-corrected chi connectivity index (χ3v) is 4.65. The van der Waals surface area contributed by atoms with E-state index in [-0.39, 0.29) is 5.69 Å². The zero-order chi connectivity index (χ0) is 16.6. The van der Waals surface area contributed by atoms with Crippen molar-refractivity contribution in [3.05, 3.63) is 34.0 Å². The van der Waals surface area contributed by atoms with Gasteiger partial charge in [0.25, 0.3) is 0 Å². The number of methoxy groups -OCH3 is 1. The quantitative estimate of drug-likeness (QED) is 0.869. The van der Waals surface area contributed by atoms with E-state index >= 15 is 0 Å². The Kier molecular flexibility index (Phi) is 4.31. The lowest BCUT2D eigenvalue weighted by Crippen LogP contribution is -2.03. The lowest BCUT2D eigenvalue weighted by molar-refractivity contribution is 0.0689. The van der Waals surface area contributed by atoms with Crippen LogP contribution in [0.4, 0.5) is 0 Å². The SMILES string of the molecule is COc1c(Cl)cc2c(c1-c1cc(C(=O)O)nn1C)CCCCC2. The fourth-order valence-corrected chi connectivity index (χ4v) is 3.60. The largest absolute Gasteiger partial charge is 0.494 e. The zero-order valence-electron chi connectivity index (χ0n) is 13.2. The van der Waals surface area contributed by atoms with Crippen LogP contribution in [-0.4, -0.2) is 28.0 Å².